The van der Waals surface area contributed by atoms with Crippen LogP contribution < -0.4 is 14.8 Å². The highest BCUT2D eigenvalue weighted by Crippen LogP contribution is 2.27. The SMILES string of the molecule is Cc1ccc(C(C)C)c(OCC(=O)NCCOc2ccccc2C)c1. The van der Waals surface area contributed by atoms with Gasteiger partial charge in [-0.25, -0.2) is 0 Å². The van der Waals surface area contributed by atoms with E-state index in [1.54, 1.807) is 0 Å². The lowest BCUT2D eigenvalue weighted by molar-refractivity contribution is -0.123. The first-order valence-electron chi connectivity index (χ1n) is 8.66. The van der Waals surface area contributed by atoms with E-state index in [0.717, 1.165) is 28.2 Å². The van der Waals surface area contributed by atoms with Crippen LogP contribution in [-0.4, -0.2) is 25.7 Å². The number of carbonyl (C=O) groups is 1. The van der Waals surface area contributed by atoms with Crippen molar-refractivity contribution < 1.29 is 14.3 Å². The van der Waals surface area contributed by atoms with Gasteiger partial charge in [-0.1, -0.05) is 44.2 Å². The van der Waals surface area contributed by atoms with Crippen molar-refractivity contribution >= 4 is 5.91 Å². The molecule has 0 heterocycles. The van der Waals surface area contributed by atoms with Crippen LogP contribution in [-0.2, 0) is 4.79 Å². The third-order valence-corrected chi connectivity index (χ3v) is 3.93. The highest BCUT2D eigenvalue weighted by Gasteiger charge is 2.10. The van der Waals surface area contributed by atoms with Crippen molar-refractivity contribution in [1.29, 1.82) is 0 Å². The van der Waals surface area contributed by atoms with Gasteiger partial charge in [0.2, 0.25) is 0 Å². The summed E-state index contributed by atoms with van der Waals surface area (Å²) in [5.41, 5.74) is 3.31. The molecule has 0 unspecified atom stereocenters. The summed E-state index contributed by atoms with van der Waals surface area (Å²) in [6.45, 7) is 9.12. The standard InChI is InChI=1S/C21H27NO3/c1-15(2)18-10-9-16(3)13-20(18)25-14-21(23)22-11-12-24-19-8-6-5-7-17(19)4/h5-10,13,15H,11-12,14H2,1-4H3,(H,22,23). The third kappa shape index (κ3) is 5.82. The zero-order chi connectivity index (χ0) is 18.2. The van der Waals surface area contributed by atoms with E-state index < -0.39 is 0 Å². The van der Waals surface area contributed by atoms with Crippen LogP contribution in [0.5, 0.6) is 11.5 Å². The van der Waals surface area contributed by atoms with Gasteiger partial charge in [0, 0.05) is 0 Å². The average Bonchev–Trinajstić information content (AvgIpc) is 2.58. The number of para-hydroxylation sites is 1. The van der Waals surface area contributed by atoms with Gasteiger partial charge in [0.1, 0.15) is 18.1 Å². The Hall–Kier alpha value is -2.49. The molecule has 2 aromatic carbocycles. The predicted octanol–water partition coefficient (Wildman–Crippen LogP) is 4.00. The smallest absolute Gasteiger partial charge is 0.258 e. The maximum absolute atomic E-state index is 12.0. The van der Waals surface area contributed by atoms with E-state index in [9.17, 15) is 4.79 Å². The fourth-order valence-corrected chi connectivity index (χ4v) is 2.51. The van der Waals surface area contributed by atoms with E-state index >= 15 is 0 Å². The molecule has 0 bridgehead atoms. The zero-order valence-electron chi connectivity index (χ0n) is 15.5. The van der Waals surface area contributed by atoms with Crippen LogP contribution in [0.15, 0.2) is 42.5 Å². The second kappa shape index (κ2) is 9.11. The van der Waals surface area contributed by atoms with Gasteiger partial charge in [0.05, 0.1) is 6.54 Å². The minimum absolute atomic E-state index is 0.00748. The van der Waals surface area contributed by atoms with E-state index in [2.05, 4.69) is 31.3 Å². The molecule has 2 rings (SSSR count). The number of nitrogens with one attached hydrogen (secondary N) is 1. The zero-order valence-corrected chi connectivity index (χ0v) is 15.5. The molecule has 25 heavy (non-hydrogen) atoms. The Kier molecular flexibility index (Phi) is 6.87. The number of rotatable bonds is 8. The van der Waals surface area contributed by atoms with Crippen LogP contribution in [0.4, 0.5) is 0 Å². The van der Waals surface area contributed by atoms with Crippen LogP contribution in [0.2, 0.25) is 0 Å². The van der Waals surface area contributed by atoms with E-state index in [-0.39, 0.29) is 12.5 Å². The number of hydrogen-bond donors (Lipinski definition) is 1. The van der Waals surface area contributed by atoms with E-state index in [1.165, 1.54) is 0 Å². The first-order chi connectivity index (χ1) is 12.0. The van der Waals surface area contributed by atoms with Crippen LogP contribution in [0.1, 0.15) is 36.5 Å². The topological polar surface area (TPSA) is 47.6 Å². The lowest BCUT2D eigenvalue weighted by Gasteiger charge is -2.15. The van der Waals surface area contributed by atoms with Gasteiger partial charge in [-0.2, -0.15) is 0 Å². The molecule has 0 atom stereocenters. The van der Waals surface area contributed by atoms with Crippen molar-refractivity contribution in [3.8, 4) is 11.5 Å². The fraction of sp³-hybridized carbons (Fsp3) is 0.381. The van der Waals surface area contributed by atoms with Crippen LogP contribution in [0.3, 0.4) is 0 Å². The lowest BCUT2D eigenvalue weighted by atomic mass is 10.0. The van der Waals surface area contributed by atoms with Crippen LogP contribution in [0.25, 0.3) is 0 Å². The van der Waals surface area contributed by atoms with Gasteiger partial charge in [-0.05, 0) is 48.6 Å². The minimum atomic E-state index is -0.149. The first-order valence-corrected chi connectivity index (χ1v) is 8.66. The number of benzene rings is 2. The highest BCUT2D eigenvalue weighted by molar-refractivity contribution is 5.77. The molecule has 0 saturated carbocycles. The maximum atomic E-state index is 12.0. The number of ether oxygens (including phenoxy) is 2. The Balaban J connectivity index is 1.76. The molecular formula is C21H27NO3. The minimum Gasteiger partial charge on any atom is -0.491 e. The van der Waals surface area contributed by atoms with Crippen LogP contribution >= 0.6 is 0 Å². The molecule has 4 heteroatoms. The van der Waals surface area contributed by atoms with Gasteiger partial charge < -0.3 is 14.8 Å². The monoisotopic (exact) mass is 341 g/mol. The number of hydrogen-bond acceptors (Lipinski definition) is 3. The maximum Gasteiger partial charge on any atom is 0.258 e. The first kappa shape index (κ1) is 18.8. The molecule has 0 spiro atoms. The largest absolute Gasteiger partial charge is 0.491 e. The molecule has 0 aliphatic carbocycles. The van der Waals surface area contributed by atoms with E-state index in [4.69, 9.17) is 9.47 Å². The summed E-state index contributed by atoms with van der Waals surface area (Å²) in [5, 5.41) is 2.82. The van der Waals surface area contributed by atoms with Crippen molar-refractivity contribution in [1.82, 2.24) is 5.32 Å². The number of aryl methyl sites for hydroxylation is 2. The summed E-state index contributed by atoms with van der Waals surface area (Å²) in [5.74, 6) is 1.82. The molecule has 134 valence electrons. The summed E-state index contributed by atoms with van der Waals surface area (Å²) in [6.07, 6.45) is 0. The Labute approximate surface area is 150 Å². The van der Waals surface area contributed by atoms with Gasteiger partial charge in [0.25, 0.3) is 5.91 Å². The molecule has 0 radical (unpaired) electrons. The van der Waals surface area contributed by atoms with E-state index in [0.29, 0.717) is 19.1 Å². The molecular weight excluding hydrogens is 314 g/mol. The average molecular weight is 341 g/mol. The molecule has 4 nitrogen and oxygen atoms in total. The Bertz CT molecular complexity index is 710. The quantitative estimate of drug-likeness (QED) is 0.738. The summed E-state index contributed by atoms with van der Waals surface area (Å²) in [4.78, 5) is 12.0. The van der Waals surface area contributed by atoms with Crippen molar-refractivity contribution in [2.75, 3.05) is 19.8 Å². The molecule has 1 N–H and O–H groups in total. The summed E-state index contributed by atoms with van der Waals surface area (Å²) >= 11 is 0. The molecule has 0 aromatic heterocycles. The normalized spacial score (nSPS) is 10.6. The Morgan fingerprint density at radius 3 is 2.52 bits per heavy atom. The molecule has 0 saturated heterocycles. The van der Waals surface area contributed by atoms with Crippen molar-refractivity contribution in [3.05, 3.63) is 59.2 Å². The van der Waals surface area contributed by atoms with Gasteiger partial charge >= 0.3 is 0 Å². The van der Waals surface area contributed by atoms with Crippen molar-refractivity contribution in [2.45, 2.75) is 33.6 Å². The van der Waals surface area contributed by atoms with Crippen LogP contribution in [0, 0.1) is 13.8 Å². The molecule has 0 fully saturated rings. The molecule has 0 aliphatic heterocycles. The van der Waals surface area contributed by atoms with Gasteiger partial charge in [-0.15, -0.1) is 0 Å². The fourth-order valence-electron chi connectivity index (χ4n) is 2.51. The van der Waals surface area contributed by atoms with Gasteiger partial charge in [-0.3, -0.25) is 4.79 Å². The number of carbonyl (C=O) groups excluding carboxylic acids is 1. The summed E-state index contributed by atoms with van der Waals surface area (Å²) in [7, 11) is 0. The lowest BCUT2D eigenvalue weighted by Crippen LogP contribution is -2.32. The second-order valence-corrected chi connectivity index (χ2v) is 6.45. The van der Waals surface area contributed by atoms with Crippen molar-refractivity contribution in [3.63, 3.8) is 0 Å². The Morgan fingerprint density at radius 1 is 1.04 bits per heavy atom. The predicted molar refractivity (Wildman–Crippen MR) is 100 cm³/mol. The van der Waals surface area contributed by atoms with Crippen molar-refractivity contribution in [2.24, 2.45) is 0 Å². The molecule has 1 amide bonds. The second-order valence-electron chi connectivity index (χ2n) is 6.45. The van der Waals surface area contributed by atoms with E-state index in [1.807, 2.05) is 44.2 Å². The Morgan fingerprint density at radius 2 is 1.80 bits per heavy atom. The van der Waals surface area contributed by atoms with Gasteiger partial charge in [0.15, 0.2) is 6.61 Å². The third-order valence-electron chi connectivity index (χ3n) is 3.93. The summed E-state index contributed by atoms with van der Waals surface area (Å²) in [6, 6.07) is 13.9. The molecule has 2 aromatic rings. The highest BCUT2D eigenvalue weighted by atomic mass is 16.5. The summed E-state index contributed by atoms with van der Waals surface area (Å²) < 4.78 is 11.4. The number of amides is 1. The molecule has 0 aliphatic rings.